The molecule has 0 aromatic heterocycles. The van der Waals surface area contributed by atoms with Crippen molar-refractivity contribution in [3.05, 3.63) is 6.92 Å². The van der Waals surface area contributed by atoms with Gasteiger partial charge in [-0.15, -0.1) is 0 Å². The third-order valence-electron chi connectivity index (χ3n) is 0.348. The zero-order valence-corrected chi connectivity index (χ0v) is 5.59. The van der Waals surface area contributed by atoms with Crippen LogP contribution in [0, 0.1) is 6.92 Å². The van der Waals surface area contributed by atoms with E-state index in [9.17, 15) is 0 Å². The van der Waals surface area contributed by atoms with Crippen molar-refractivity contribution in [2.75, 3.05) is 13.2 Å². The van der Waals surface area contributed by atoms with Crippen molar-refractivity contribution >= 4 is 0 Å². The summed E-state index contributed by atoms with van der Waals surface area (Å²) in [5.41, 5.74) is 0. The molecule has 0 saturated heterocycles. The van der Waals surface area contributed by atoms with Crippen LogP contribution in [0.3, 0.4) is 0 Å². The number of ether oxygens (including phenoxy) is 1. The Kier molecular flexibility index (Phi) is 15.1. The fourth-order valence-electron chi connectivity index (χ4n) is 0.144. The van der Waals surface area contributed by atoms with Gasteiger partial charge < -0.3 is 4.74 Å². The van der Waals surface area contributed by atoms with E-state index in [0.29, 0.717) is 6.61 Å². The third-order valence-corrected chi connectivity index (χ3v) is 0.348. The Balaban J connectivity index is 0. The van der Waals surface area contributed by atoms with Gasteiger partial charge in [0, 0.05) is 34.9 Å². The van der Waals surface area contributed by atoms with Crippen LogP contribution in [0.5, 0.6) is 0 Å². The van der Waals surface area contributed by atoms with Gasteiger partial charge in [-0.2, -0.15) is 0 Å². The number of rotatable bonds is 2. The molecular weight excluding hydrogens is 112 g/mol. The van der Waals surface area contributed by atoms with Gasteiger partial charge in [-0.1, -0.05) is 0 Å². The van der Waals surface area contributed by atoms with Crippen molar-refractivity contribution < 1.29 is 26.5 Å². The first kappa shape index (κ1) is 9.84. The molecule has 0 aromatic carbocycles. The van der Waals surface area contributed by atoms with Crippen LogP contribution in [-0.2, 0) is 26.5 Å². The van der Waals surface area contributed by atoms with Crippen LogP contribution >= 0.6 is 0 Å². The van der Waals surface area contributed by atoms with Crippen LogP contribution in [-0.4, -0.2) is 13.2 Å². The second kappa shape index (κ2) is 9.18. The average molecular weight is 121 g/mol. The molecule has 2 heteroatoms. The first-order valence-corrected chi connectivity index (χ1v) is 1.78. The number of hydrogen-bond acceptors (Lipinski definition) is 1. The van der Waals surface area contributed by atoms with Crippen molar-refractivity contribution in [3.8, 4) is 0 Å². The molecule has 0 N–H and O–H groups in total. The van der Waals surface area contributed by atoms with Crippen molar-refractivity contribution in [1.82, 2.24) is 0 Å². The fourth-order valence-corrected chi connectivity index (χ4v) is 0.144. The predicted molar refractivity (Wildman–Crippen MR) is 21.8 cm³/mol. The van der Waals surface area contributed by atoms with E-state index in [4.69, 9.17) is 4.74 Å². The zero-order chi connectivity index (χ0) is 4.12. The Morgan fingerprint density at radius 3 is 2.17 bits per heavy atom. The van der Waals surface area contributed by atoms with E-state index in [1.807, 2.05) is 6.92 Å². The van der Waals surface area contributed by atoms with Crippen molar-refractivity contribution in [2.45, 2.75) is 6.92 Å². The monoisotopic (exact) mass is 121 g/mol. The standard InChI is InChI=1S/C4H9O.Ti/c1-3-5-4-2;/h1,3-4H2,2H3;. The quantitative estimate of drug-likeness (QED) is 0.492. The molecule has 0 bridgehead atoms. The van der Waals surface area contributed by atoms with Crippen LogP contribution in [0.1, 0.15) is 6.92 Å². The second-order valence-corrected chi connectivity index (χ2v) is 0.697. The maximum absolute atomic E-state index is 4.72. The van der Waals surface area contributed by atoms with Crippen LogP contribution in [0.2, 0.25) is 0 Å². The van der Waals surface area contributed by atoms with Gasteiger partial charge in [0.15, 0.2) is 0 Å². The van der Waals surface area contributed by atoms with Gasteiger partial charge in [-0.25, -0.2) is 0 Å². The molecule has 0 saturated carbocycles. The molecule has 1 nitrogen and oxygen atoms in total. The number of hydrogen-bond donors (Lipinski definition) is 0. The summed E-state index contributed by atoms with van der Waals surface area (Å²) >= 11 is 0. The molecule has 0 unspecified atom stereocenters. The molecule has 0 heterocycles. The summed E-state index contributed by atoms with van der Waals surface area (Å²) in [7, 11) is 0. The van der Waals surface area contributed by atoms with E-state index >= 15 is 0 Å². The molecule has 0 spiro atoms. The summed E-state index contributed by atoms with van der Waals surface area (Å²) in [4.78, 5) is 0. The largest absolute Gasteiger partial charge is 0.382 e. The van der Waals surface area contributed by atoms with Crippen LogP contribution < -0.4 is 0 Å². The van der Waals surface area contributed by atoms with Gasteiger partial charge in [0.25, 0.3) is 0 Å². The maximum atomic E-state index is 4.72. The van der Waals surface area contributed by atoms with E-state index in [-0.39, 0.29) is 21.7 Å². The Bertz CT molecular complexity index is 15.0. The molecule has 0 aliphatic rings. The van der Waals surface area contributed by atoms with Gasteiger partial charge >= 0.3 is 0 Å². The van der Waals surface area contributed by atoms with Crippen molar-refractivity contribution in [3.63, 3.8) is 0 Å². The SMILES string of the molecule is [CH2]COCC.[Ti]. The molecule has 0 aromatic rings. The van der Waals surface area contributed by atoms with E-state index in [2.05, 4.69) is 6.92 Å². The molecule has 0 aliphatic carbocycles. The Labute approximate surface area is 54.0 Å². The molecule has 0 fully saturated rings. The molecule has 0 rings (SSSR count). The minimum absolute atomic E-state index is 0. The third kappa shape index (κ3) is 8.82. The van der Waals surface area contributed by atoms with Gasteiger partial charge in [0.2, 0.25) is 0 Å². The van der Waals surface area contributed by atoms with E-state index < -0.39 is 0 Å². The summed E-state index contributed by atoms with van der Waals surface area (Å²) in [5, 5.41) is 0. The van der Waals surface area contributed by atoms with Crippen molar-refractivity contribution in [2.24, 2.45) is 0 Å². The first-order chi connectivity index (χ1) is 2.41. The van der Waals surface area contributed by atoms with Gasteiger partial charge in [-0.3, -0.25) is 0 Å². The summed E-state index contributed by atoms with van der Waals surface area (Å²) in [5.74, 6) is 0. The zero-order valence-electron chi connectivity index (χ0n) is 4.03. The summed E-state index contributed by atoms with van der Waals surface area (Å²) < 4.78 is 4.72. The first-order valence-electron chi connectivity index (χ1n) is 1.78. The van der Waals surface area contributed by atoms with Crippen LogP contribution in [0.25, 0.3) is 0 Å². The van der Waals surface area contributed by atoms with Gasteiger partial charge in [0.1, 0.15) is 0 Å². The van der Waals surface area contributed by atoms with Crippen molar-refractivity contribution in [1.29, 1.82) is 0 Å². The summed E-state index contributed by atoms with van der Waals surface area (Å²) in [6, 6.07) is 0. The summed E-state index contributed by atoms with van der Waals surface area (Å²) in [6.07, 6.45) is 0. The smallest absolute Gasteiger partial charge is 0.0466 e. The van der Waals surface area contributed by atoms with Crippen LogP contribution in [0.4, 0.5) is 0 Å². The van der Waals surface area contributed by atoms with E-state index in [1.165, 1.54) is 0 Å². The predicted octanol–water partition coefficient (Wildman–Crippen LogP) is 0.854. The minimum atomic E-state index is 0. The van der Waals surface area contributed by atoms with E-state index in [0.717, 1.165) is 6.61 Å². The Morgan fingerprint density at radius 2 is 2.17 bits per heavy atom. The normalized spacial score (nSPS) is 7.00. The fraction of sp³-hybridized carbons (Fsp3) is 0.750. The average Bonchev–Trinajstić information content (AvgIpc) is 1.41. The topological polar surface area (TPSA) is 9.23 Å². The molecule has 35 valence electrons. The molecular formula is C4H9OTi. The molecule has 0 aliphatic heterocycles. The Hall–Kier alpha value is 0.674. The van der Waals surface area contributed by atoms with E-state index in [1.54, 1.807) is 0 Å². The van der Waals surface area contributed by atoms with Gasteiger partial charge in [-0.05, 0) is 13.8 Å². The minimum Gasteiger partial charge on any atom is -0.382 e. The van der Waals surface area contributed by atoms with Gasteiger partial charge in [0.05, 0.1) is 0 Å². The molecule has 6 heavy (non-hydrogen) atoms. The van der Waals surface area contributed by atoms with Crippen LogP contribution in [0.15, 0.2) is 0 Å². The Morgan fingerprint density at radius 1 is 1.67 bits per heavy atom. The maximum Gasteiger partial charge on any atom is 0.0466 e. The molecule has 0 atom stereocenters. The molecule has 0 amide bonds. The second-order valence-electron chi connectivity index (χ2n) is 0.697. The molecule has 1 radical (unpaired) electrons. The summed E-state index contributed by atoms with van der Waals surface area (Å²) in [6.45, 7) is 6.78.